The Morgan fingerprint density at radius 3 is 2.55 bits per heavy atom. The van der Waals surface area contributed by atoms with Gasteiger partial charge in [0, 0.05) is 16.4 Å². The molecular formula is C17H16O5. The highest BCUT2D eigenvalue weighted by Gasteiger charge is 2.46. The second kappa shape index (κ2) is 3.66. The fraction of sp³-hybridized carbons (Fsp3) is 0.353. The summed E-state index contributed by atoms with van der Waals surface area (Å²) in [5.41, 5.74) is 1.09. The van der Waals surface area contributed by atoms with Crippen LogP contribution in [0.4, 0.5) is 0 Å². The summed E-state index contributed by atoms with van der Waals surface area (Å²) in [6.45, 7) is 7.71. The van der Waals surface area contributed by atoms with Gasteiger partial charge < -0.3 is 19.7 Å². The Labute approximate surface area is 127 Å². The minimum atomic E-state index is -0.642. The summed E-state index contributed by atoms with van der Waals surface area (Å²) in [7, 11) is 0. The molecule has 2 aromatic carbocycles. The number of hydrogen-bond donors (Lipinski definition) is 2. The van der Waals surface area contributed by atoms with Gasteiger partial charge in [-0.3, -0.25) is 0 Å². The molecule has 5 nitrogen and oxygen atoms in total. The maximum Gasteiger partial charge on any atom is 0.348 e. The number of aromatic hydroxyl groups is 2. The van der Waals surface area contributed by atoms with E-state index in [4.69, 9.17) is 9.47 Å². The topological polar surface area (TPSA) is 76.0 Å². The highest BCUT2D eigenvalue weighted by molar-refractivity contribution is 6.19. The predicted octanol–water partition coefficient (Wildman–Crippen LogP) is 3.15. The van der Waals surface area contributed by atoms with Gasteiger partial charge in [0.25, 0.3) is 0 Å². The molecule has 114 valence electrons. The van der Waals surface area contributed by atoms with Crippen molar-refractivity contribution in [2.24, 2.45) is 0 Å². The molecule has 1 unspecified atom stereocenters. The first-order valence-corrected chi connectivity index (χ1v) is 7.19. The third kappa shape index (κ3) is 1.27. The number of carbonyl (C=O) groups is 1. The van der Waals surface area contributed by atoms with Crippen molar-refractivity contribution >= 4 is 16.7 Å². The number of phenols is 2. The molecule has 1 atom stereocenters. The van der Waals surface area contributed by atoms with Gasteiger partial charge in [-0.1, -0.05) is 13.8 Å². The molecule has 5 heteroatoms. The number of rotatable bonds is 0. The highest BCUT2D eigenvalue weighted by Crippen LogP contribution is 2.57. The molecule has 2 aliphatic heterocycles. The summed E-state index contributed by atoms with van der Waals surface area (Å²) >= 11 is 0. The van der Waals surface area contributed by atoms with Crippen molar-refractivity contribution in [2.45, 2.75) is 39.2 Å². The fourth-order valence-electron chi connectivity index (χ4n) is 3.48. The lowest BCUT2D eigenvalue weighted by atomic mass is 9.79. The average Bonchev–Trinajstić information content (AvgIpc) is 2.86. The zero-order valence-corrected chi connectivity index (χ0v) is 12.8. The lowest BCUT2D eigenvalue weighted by molar-refractivity contribution is 0.0747. The van der Waals surface area contributed by atoms with E-state index < -0.39 is 11.4 Å². The quantitative estimate of drug-likeness (QED) is 0.577. The lowest BCUT2D eigenvalue weighted by Crippen LogP contribution is -2.29. The number of carbonyl (C=O) groups excluding carboxylic acids is 1. The van der Waals surface area contributed by atoms with Crippen LogP contribution in [0.5, 0.6) is 23.0 Å². The van der Waals surface area contributed by atoms with Gasteiger partial charge in [0.1, 0.15) is 23.2 Å². The summed E-state index contributed by atoms with van der Waals surface area (Å²) < 4.78 is 11.2. The van der Waals surface area contributed by atoms with Crippen LogP contribution in [0.25, 0.3) is 10.8 Å². The molecule has 0 aromatic heterocycles. The van der Waals surface area contributed by atoms with Gasteiger partial charge in [0.05, 0.1) is 5.39 Å². The number of fused-ring (bicyclic) bond motifs is 2. The van der Waals surface area contributed by atoms with Crippen LogP contribution >= 0.6 is 0 Å². The van der Waals surface area contributed by atoms with Gasteiger partial charge >= 0.3 is 5.97 Å². The molecule has 0 aliphatic carbocycles. The first-order valence-electron chi connectivity index (χ1n) is 7.19. The second-order valence-corrected chi connectivity index (χ2v) is 6.59. The van der Waals surface area contributed by atoms with E-state index in [0.29, 0.717) is 16.7 Å². The third-order valence-corrected chi connectivity index (χ3v) is 4.99. The van der Waals surface area contributed by atoms with Crippen molar-refractivity contribution in [3.05, 3.63) is 22.8 Å². The standard InChI is InChI=1S/C17H16O5/c1-6-5-8(18)14-10-9(6)15-12(17(3,4)7(2)21-15)13(19)11(10)16(20)22-14/h5,7,18-19H,1-4H3. The molecule has 2 heterocycles. The molecule has 0 amide bonds. The van der Waals surface area contributed by atoms with E-state index in [1.54, 1.807) is 6.07 Å². The molecule has 0 spiro atoms. The smallest absolute Gasteiger partial charge is 0.348 e. The van der Waals surface area contributed by atoms with Crippen molar-refractivity contribution in [3.63, 3.8) is 0 Å². The van der Waals surface area contributed by atoms with Crippen molar-refractivity contribution in [1.29, 1.82) is 0 Å². The van der Waals surface area contributed by atoms with Crippen LogP contribution in [0, 0.1) is 6.92 Å². The Morgan fingerprint density at radius 2 is 1.86 bits per heavy atom. The van der Waals surface area contributed by atoms with E-state index >= 15 is 0 Å². The van der Waals surface area contributed by atoms with Crippen LogP contribution in [-0.2, 0) is 5.41 Å². The van der Waals surface area contributed by atoms with E-state index in [1.807, 2.05) is 27.7 Å². The van der Waals surface area contributed by atoms with Crippen LogP contribution < -0.4 is 9.47 Å². The van der Waals surface area contributed by atoms with E-state index in [9.17, 15) is 15.0 Å². The Hall–Kier alpha value is -2.43. The summed E-state index contributed by atoms with van der Waals surface area (Å²) in [5.74, 6) is -0.186. The molecule has 2 aromatic rings. The number of hydrogen-bond acceptors (Lipinski definition) is 5. The molecule has 2 N–H and O–H groups in total. The van der Waals surface area contributed by atoms with E-state index in [2.05, 4.69) is 0 Å². The molecule has 0 saturated carbocycles. The number of ether oxygens (including phenoxy) is 2. The SMILES string of the molecule is Cc1cc(O)c2c3c(c(O)c4c(c13)OC(C)C4(C)C)C(=O)O2. The van der Waals surface area contributed by atoms with E-state index in [-0.39, 0.29) is 28.9 Å². The van der Waals surface area contributed by atoms with E-state index in [0.717, 1.165) is 10.9 Å². The first-order chi connectivity index (χ1) is 10.2. The summed E-state index contributed by atoms with van der Waals surface area (Å²) in [6, 6.07) is 1.55. The lowest BCUT2D eigenvalue weighted by Gasteiger charge is -2.22. The molecule has 0 radical (unpaired) electrons. The molecule has 22 heavy (non-hydrogen) atoms. The van der Waals surface area contributed by atoms with Crippen LogP contribution in [0.15, 0.2) is 6.07 Å². The second-order valence-electron chi connectivity index (χ2n) is 6.59. The minimum Gasteiger partial charge on any atom is -0.507 e. The van der Waals surface area contributed by atoms with Crippen molar-refractivity contribution in [3.8, 4) is 23.0 Å². The number of esters is 1. The molecule has 0 bridgehead atoms. The van der Waals surface area contributed by atoms with Gasteiger partial charge in [0.15, 0.2) is 11.5 Å². The molecule has 0 saturated heterocycles. The Morgan fingerprint density at radius 1 is 1.18 bits per heavy atom. The van der Waals surface area contributed by atoms with Crippen molar-refractivity contribution in [2.75, 3.05) is 0 Å². The monoisotopic (exact) mass is 300 g/mol. The Bertz CT molecular complexity index is 879. The van der Waals surface area contributed by atoms with Crippen LogP contribution in [-0.4, -0.2) is 22.3 Å². The average molecular weight is 300 g/mol. The summed E-state index contributed by atoms with van der Waals surface area (Å²) in [5, 5.41) is 21.9. The fourth-order valence-corrected chi connectivity index (χ4v) is 3.48. The maximum atomic E-state index is 12.2. The molecule has 4 rings (SSSR count). The molecule has 0 fully saturated rings. The van der Waals surface area contributed by atoms with Crippen molar-refractivity contribution < 1.29 is 24.5 Å². The summed E-state index contributed by atoms with van der Waals surface area (Å²) in [6.07, 6.45) is -0.140. The van der Waals surface area contributed by atoms with Crippen LogP contribution in [0.3, 0.4) is 0 Å². The minimum absolute atomic E-state index is 0.0969. The predicted molar refractivity (Wildman–Crippen MR) is 80.1 cm³/mol. The zero-order chi connectivity index (χ0) is 16.0. The normalized spacial score (nSPS) is 20.9. The van der Waals surface area contributed by atoms with Gasteiger partial charge in [-0.2, -0.15) is 0 Å². The Kier molecular flexibility index (Phi) is 2.20. The molecule has 2 aliphatic rings. The number of phenolic OH excluding ortho intramolecular Hbond substituents is 2. The molecular weight excluding hydrogens is 284 g/mol. The number of benzene rings is 2. The Balaban J connectivity index is 2.29. The van der Waals surface area contributed by atoms with Gasteiger partial charge in [-0.05, 0) is 25.5 Å². The highest BCUT2D eigenvalue weighted by atomic mass is 16.5. The summed E-state index contributed by atoms with van der Waals surface area (Å²) in [4.78, 5) is 12.2. The number of aryl methyl sites for hydroxylation is 1. The largest absolute Gasteiger partial charge is 0.507 e. The van der Waals surface area contributed by atoms with Crippen molar-refractivity contribution in [1.82, 2.24) is 0 Å². The van der Waals surface area contributed by atoms with Gasteiger partial charge in [0.2, 0.25) is 0 Å². The maximum absolute atomic E-state index is 12.2. The van der Waals surface area contributed by atoms with Crippen LogP contribution in [0.1, 0.15) is 42.3 Å². The first kappa shape index (κ1) is 13.2. The van der Waals surface area contributed by atoms with Gasteiger partial charge in [-0.25, -0.2) is 4.79 Å². The third-order valence-electron chi connectivity index (χ3n) is 4.99. The zero-order valence-electron chi connectivity index (χ0n) is 12.8. The van der Waals surface area contributed by atoms with Gasteiger partial charge in [-0.15, -0.1) is 0 Å². The van der Waals surface area contributed by atoms with E-state index in [1.165, 1.54) is 0 Å². The van der Waals surface area contributed by atoms with Crippen LogP contribution in [0.2, 0.25) is 0 Å².